The van der Waals surface area contributed by atoms with E-state index in [2.05, 4.69) is 6.92 Å². The van der Waals surface area contributed by atoms with Crippen molar-refractivity contribution in [3.05, 3.63) is 60.0 Å². The van der Waals surface area contributed by atoms with Gasteiger partial charge in [-0.05, 0) is 30.7 Å². The van der Waals surface area contributed by atoms with Crippen molar-refractivity contribution in [2.24, 2.45) is 0 Å². The van der Waals surface area contributed by atoms with Crippen molar-refractivity contribution in [3.8, 4) is 17.2 Å². The van der Waals surface area contributed by atoms with Crippen LogP contribution in [0.5, 0.6) is 17.2 Å². The number of aliphatic hydroxyl groups excluding tert-OH is 1. The third-order valence-corrected chi connectivity index (χ3v) is 3.28. The normalized spacial score (nSPS) is 11.8. The number of ether oxygens (including phenoxy) is 2. The minimum atomic E-state index is -0.906. The highest BCUT2D eigenvalue weighted by Gasteiger charge is 2.17. The van der Waals surface area contributed by atoms with Crippen molar-refractivity contribution < 1.29 is 24.5 Å². The van der Waals surface area contributed by atoms with Crippen LogP contribution in [0.4, 0.5) is 0 Å². The Morgan fingerprint density at radius 2 is 1.68 bits per heavy atom. The van der Waals surface area contributed by atoms with Gasteiger partial charge in [-0.25, -0.2) is 0 Å². The number of hydrogen-bond acceptors (Lipinski definition) is 5. The number of aromatic hydroxyl groups is 1. The predicted octanol–water partition coefficient (Wildman–Crippen LogP) is 2.51. The van der Waals surface area contributed by atoms with Gasteiger partial charge in [0.2, 0.25) is 5.75 Å². The first-order valence-electron chi connectivity index (χ1n) is 6.58. The largest absolute Gasteiger partial charge is 0.502 e. The van der Waals surface area contributed by atoms with Gasteiger partial charge in [0, 0.05) is 11.1 Å². The highest BCUT2D eigenvalue weighted by Crippen LogP contribution is 2.37. The van der Waals surface area contributed by atoms with E-state index >= 15 is 0 Å². The number of carbonyl (C=O) groups excluding carboxylic acids is 1. The molecule has 0 aliphatic heterocycles. The Labute approximate surface area is 128 Å². The number of benzene rings is 2. The molecule has 0 aromatic heterocycles. The standard InChI is InChI=1S/C17H17O5/c1-10(18)11-5-4-6-12(7-11)16(19)13-8-14(21-2)17(20)15(9-13)22-3/h4-10,18,20H,1H2,2-3H3. The molecule has 2 aromatic rings. The molecular weight excluding hydrogens is 284 g/mol. The summed E-state index contributed by atoms with van der Waals surface area (Å²) in [7, 11) is 2.78. The van der Waals surface area contributed by atoms with Crippen molar-refractivity contribution in [3.63, 3.8) is 0 Å². The Morgan fingerprint density at radius 1 is 1.09 bits per heavy atom. The topological polar surface area (TPSA) is 76.0 Å². The van der Waals surface area contributed by atoms with Crippen molar-refractivity contribution in [2.45, 2.75) is 6.10 Å². The van der Waals surface area contributed by atoms with Crippen molar-refractivity contribution in [1.29, 1.82) is 0 Å². The van der Waals surface area contributed by atoms with Gasteiger partial charge in [0.15, 0.2) is 17.3 Å². The zero-order valence-corrected chi connectivity index (χ0v) is 12.4. The molecule has 0 aliphatic carbocycles. The fraction of sp³-hybridized carbons (Fsp3) is 0.176. The Balaban J connectivity index is 2.47. The zero-order valence-electron chi connectivity index (χ0n) is 12.4. The molecule has 5 nitrogen and oxygen atoms in total. The van der Waals surface area contributed by atoms with Crippen LogP contribution in [-0.2, 0) is 0 Å². The molecule has 0 aliphatic rings. The minimum Gasteiger partial charge on any atom is -0.502 e. The number of hydrogen-bond donors (Lipinski definition) is 2. The first-order chi connectivity index (χ1) is 10.5. The molecule has 0 amide bonds. The van der Waals surface area contributed by atoms with Crippen LogP contribution in [0.15, 0.2) is 36.4 Å². The van der Waals surface area contributed by atoms with Gasteiger partial charge in [-0.15, -0.1) is 0 Å². The van der Waals surface area contributed by atoms with Crippen LogP contribution in [0.1, 0.15) is 27.6 Å². The second-order valence-electron chi connectivity index (χ2n) is 4.70. The molecule has 22 heavy (non-hydrogen) atoms. The Morgan fingerprint density at radius 3 is 2.18 bits per heavy atom. The number of aliphatic hydroxyl groups is 1. The lowest BCUT2D eigenvalue weighted by Crippen LogP contribution is -2.04. The van der Waals surface area contributed by atoms with Crippen molar-refractivity contribution >= 4 is 5.78 Å². The molecule has 1 atom stereocenters. The van der Waals surface area contributed by atoms with E-state index < -0.39 is 6.10 Å². The molecule has 2 N–H and O–H groups in total. The third-order valence-electron chi connectivity index (χ3n) is 3.28. The maximum atomic E-state index is 12.6. The molecule has 2 aromatic carbocycles. The number of phenols is 1. The smallest absolute Gasteiger partial charge is 0.200 e. The Bertz CT molecular complexity index is 666. The van der Waals surface area contributed by atoms with Crippen LogP contribution in [0, 0.1) is 6.92 Å². The number of carbonyl (C=O) groups is 1. The van der Waals surface area contributed by atoms with E-state index in [4.69, 9.17) is 9.47 Å². The summed E-state index contributed by atoms with van der Waals surface area (Å²) in [4.78, 5) is 12.6. The molecule has 115 valence electrons. The molecule has 2 rings (SSSR count). The highest BCUT2D eigenvalue weighted by atomic mass is 16.5. The van der Waals surface area contributed by atoms with Crippen LogP contribution >= 0.6 is 0 Å². The van der Waals surface area contributed by atoms with Gasteiger partial charge in [0.1, 0.15) is 0 Å². The molecule has 0 spiro atoms. The average Bonchev–Trinajstić information content (AvgIpc) is 2.54. The van der Waals surface area contributed by atoms with Crippen molar-refractivity contribution in [2.75, 3.05) is 14.2 Å². The van der Waals surface area contributed by atoms with Gasteiger partial charge >= 0.3 is 0 Å². The lowest BCUT2D eigenvalue weighted by molar-refractivity contribution is 0.103. The maximum absolute atomic E-state index is 12.6. The predicted molar refractivity (Wildman–Crippen MR) is 81.4 cm³/mol. The van der Waals surface area contributed by atoms with Gasteiger partial charge in [-0.1, -0.05) is 18.2 Å². The fourth-order valence-corrected chi connectivity index (χ4v) is 2.08. The quantitative estimate of drug-likeness (QED) is 0.830. The summed E-state index contributed by atoms with van der Waals surface area (Å²) in [5, 5.41) is 19.4. The summed E-state index contributed by atoms with van der Waals surface area (Å²) in [5.74, 6) is -0.144. The lowest BCUT2D eigenvalue weighted by atomic mass is 9.99. The van der Waals surface area contributed by atoms with E-state index in [0.29, 0.717) is 16.7 Å². The summed E-state index contributed by atoms with van der Waals surface area (Å²) in [6, 6.07) is 9.45. The first-order valence-corrected chi connectivity index (χ1v) is 6.58. The molecule has 1 unspecified atom stereocenters. The third kappa shape index (κ3) is 3.04. The van der Waals surface area contributed by atoms with Gasteiger partial charge in [0.05, 0.1) is 20.3 Å². The van der Waals surface area contributed by atoms with Crippen LogP contribution in [0.3, 0.4) is 0 Å². The van der Waals surface area contributed by atoms with Gasteiger partial charge < -0.3 is 19.7 Å². The monoisotopic (exact) mass is 301 g/mol. The van der Waals surface area contributed by atoms with Gasteiger partial charge in [-0.2, -0.15) is 0 Å². The molecule has 5 heteroatoms. The number of phenolic OH excluding ortho intramolecular Hbond substituents is 1. The summed E-state index contributed by atoms with van der Waals surface area (Å²) >= 11 is 0. The average molecular weight is 301 g/mol. The van der Waals surface area contributed by atoms with E-state index in [0.717, 1.165) is 0 Å². The van der Waals surface area contributed by atoms with E-state index in [1.54, 1.807) is 24.3 Å². The van der Waals surface area contributed by atoms with Crippen LogP contribution in [0.25, 0.3) is 0 Å². The van der Waals surface area contributed by atoms with E-state index in [1.165, 1.54) is 26.4 Å². The molecule has 1 radical (unpaired) electrons. The summed E-state index contributed by atoms with van der Waals surface area (Å²) in [6.07, 6.45) is -0.906. The molecule has 0 saturated carbocycles. The first kappa shape index (κ1) is 15.9. The van der Waals surface area contributed by atoms with Gasteiger partial charge in [0.25, 0.3) is 0 Å². The Kier molecular flexibility index (Phi) is 4.68. The van der Waals surface area contributed by atoms with Gasteiger partial charge in [-0.3, -0.25) is 4.79 Å². The van der Waals surface area contributed by atoms with Crippen LogP contribution in [-0.4, -0.2) is 30.2 Å². The Hall–Kier alpha value is -2.53. The zero-order chi connectivity index (χ0) is 16.3. The summed E-state index contributed by atoms with van der Waals surface area (Å²) < 4.78 is 10.1. The van der Waals surface area contributed by atoms with Crippen molar-refractivity contribution in [1.82, 2.24) is 0 Å². The number of ketones is 1. The van der Waals surface area contributed by atoms with E-state index in [9.17, 15) is 15.0 Å². The molecular formula is C17H17O5. The lowest BCUT2D eigenvalue weighted by Gasteiger charge is -2.11. The van der Waals surface area contributed by atoms with E-state index in [-0.39, 0.29) is 23.0 Å². The SMILES string of the molecule is [CH2]C(O)c1cccc(C(=O)c2cc(OC)c(O)c(OC)c2)c1. The second kappa shape index (κ2) is 6.49. The number of methoxy groups -OCH3 is 2. The highest BCUT2D eigenvalue weighted by molar-refractivity contribution is 6.09. The number of rotatable bonds is 5. The fourth-order valence-electron chi connectivity index (χ4n) is 2.08. The molecule has 0 fully saturated rings. The molecule has 0 bridgehead atoms. The van der Waals surface area contributed by atoms with Crippen LogP contribution < -0.4 is 9.47 Å². The summed E-state index contributed by atoms with van der Waals surface area (Å²) in [6.45, 7) is 3.52. The van der Waals surface area contributed by atoms with Crippen LogP contribution in [0.2, 0.25) is 0 Å². The van der Waals surface area contributed by atoms with E-state index in [1.807, 2.05) is 0 Å². The minimum absolute atomic E-state index is 0.149. The second-order valence-corrected chi connectivity index (χ2v) is 4.70. The maximum Gasteiger partial charge on any atom is 0.200 e. The summed E-state index contributed by atoms with van der Waals surface area (Å²) in [5.41, 5.74) is 1.25. The molecule has 0 saturated heterocycles. The molecule has 0 heterocycles.